The molecule has 3 fully saturated rings. The zero-order chi connectivity index (χ0) is 18.8. The number of rotatable bonds is 5. The molecule has 0 unspecified atom stereocenters. The van der Waals surface area contributed by atoms with Crippen LogP contribution in [0.25, 0.3) is 0 Å². The Morgan fingerprint density at radius 3 is 2.96 bits per heavy atom. The van der Waals surface area contributed by atoms with Crippen LogP contribution in [0.4, 0.5) is 0 Å². The van der Waals surface area contributed by atoms with Gasteiger partial charge in [0.2, 0.25) is 11.8 Å². The summed E-state index contributed by atoms with van der Waals surface area (Å²) in [6.07, 6.45) is 9.90. The van der Waals surface area contributed by atoms with Gasteiger partial charge in [0, 0.05) is 57.1 Å². The number of carbonyl (C=O) groups is 2. The van der Waals surface area contributed by atoms with Gasteiger partial charge in [-0.15, -0.1) is 0 Å². The number of amides is 2. The molecule has 0 aliphatic carbocycles. The number of hydrogen-bond acceptors (Lipinski definition) is 5. The average molecular weight is 371 g/mol. The maximum absolute atomic E-state index is 12.7. The predicted octanol–water partition coefficient (Wildman–Crippen LogP) is 0.857. The second-order valence-electron chi connectivity index (χ2n) is 8.31. The van der Waals surface area contributed by atoms with E-state index < -0.39 is 0 Å². The van der Waals surface area contributed by atoms with Crippen LogP contribution in [0.1, 0.15) is 37.8 Å². The third kappa shape index (κ3) is 3.98. The van der Waals surface area contributed by atoms with Crippen LogP contribution in [0, 0.1) is 11.8 Å². The van der Waals surface area contributed by atoms with Gasteiger partial charge in [0.05, 0.1) is 11.7 Å². The third-order valence-corrected chi connectivity index (χ3v) is 6.41. The van der Waals surface area contributed by atoms with E-state index in [0.29, 0.717) is 43.7 Å². The Balaban J connectivity index is 1.38. The quantitative estimate of drug-likeness (QED) is 0.830. The summed E-state index contributed by atoms with van der Waals surface area (Å²) < 4.78 is 0. The molecule has 146 valence electrons. The molecule has 4 rings (SSSR count). The topological polar surface area (TPSA) is 78.4 Å². The highest BCUT2D eigenvalue weighted by Gasteiger charge is 2.48. The van der Waals surface area contributed by atoms with Crippen LogP contribution in [0.3, 0.4) is 0 Å². The van der Waals surface area contributed by atoms with Crippen LogP contribution in [0.15, 0.2) is 18.6 Å². The van der Waals surface area contributed by atoms with Crippen LogP contribution in [0.2, 0.25) is 0 Å². The van der Waals surface area contributed by atoms with E-state index in [-0.39, 0.29) is 17.9 Å². The number of aryl methyl sites for hydroxylation is 1. The van der Waals surface area contributed by atoms with Crippen LogP contribution in [-0.2, 0) is 16.0 Å². The van der Waals surface area contributed by atoms with E-state index in [0.717, 1.165) is 31.6 Å². The van der Waals surface area contributed by atoms with Crippen molar-refractivity contribution in [2.45, 2.75) is 50.6 Å². The van der Waals surface area contributed by atoms with Crippen molar-refractivity contribution < 1.29 is 9.59 Å². The summed E-state index contributed by atoms with van der Waals surface area (Å²) >= 11 is 0. The minimum absolute atomic E-state index is 0.0212. The molecule has 3 aliphatic rings. The van der Waals surface area contributed by atoms with Gasteiger partial charge in [0.1, 0.15) is 0 Å². The Hall–Kier alpha value is -2.02. The average Bonchev–Trinajstić information content (AvgIpc) is 2.67. The number of nitrogens with one attached hydrogen (secondary N) is 1. The first-order valence-electron chi connectivity index (χ1n) is 10.1. The summed E-state index contributed by atoms with van der Waals surface area (Å²) in [6, 6.07) is 0.481. The van der Waals surface area contributed by atoms with Gasteiger partial charge in [0.15, 0.2) is 0 Å². The Kier molecular flexibility index (Phi) is 5.38. The number of hydrogen-bond donors (Lipinski definition) is 1. The van der Waals surface area contributed by atoms with E-state index in [1.54, 1.807) is 18.6 Å². The SMILES string of the molecule is CN1C[C@H]2C[C@@H](C1)[C@H](CNC(=O)CCc1cnccn1)N1C(=O)CCC[C@@H]21. The van der Waals surface area contributed by atoms with Gasteiger partial charge in [-0.05, 0) is 44.6 Å². The molecule has 2 bridgehead atoms. The Morgan fingerprint density at radius 1 is 1.30 bits per heavy atom. The molecule has 2 amide bonds. The lowest BCUT2D eigenvalue weighted by molar-refractivity contribution is -0.152. The zero-order valence-corrected chi connectivity index (χ0v) is 16.0. The summed E-state index contributed by atoms with van der Waals surface area (Å²) in [6.45, 7) is 2.65. The van der Waals surface area contributed by atoms with Gasteiger partial charge in [0.25, 0.3) is 0 Å². The third-order valence-electron chi connectivity index (χ3n) is 6.41. The Morgan fingerprint density at radius 2 is 2.15 bits per heavy atom. The fourth-order valence-electron chi connectivity index (χ4n) is 5.28. The van der Waals surface area contributed by atoms with Gasteiger partial charge in [-0.25, -0.2) is 0 Å². The Labute approximate surface area is 160 Å². The molecule has 1 aromatic rings. The van der Waals surface area contributed by atoms with E-state index in [1.165, 1.54) is 6.42 Å². The van der Waals surface area contributed by atoms with Crippen molar-refractivity contribution in [2.75, 3.05) is 26.7 Å². The van der Waals surface area contributed by atoms with E-state index in [1.807, 2.05) is 0 Å². The molecular formula is C20H29N5O2. The normalized spacial score (nSPS) is 30.7. The summed E-state index contributed by atoms with van der Waals surface area (Å²) in [5.74, 6) is 1.34. The van der Waals surface area contributed by atoms with Crippen molar-refractivity contribution in [1.29, 1.82) is 0 Å². The monoisotopic (exact) mass is 371 g/mol. The van der Waals surface area contributed by atoms with Gasteiger partial charge < -0.3 is 15.1 Å². The first-order valence-corrected chi connectivity index (χ1v) is 10.1. The number of piperidine rings is 3. The standard InChI is InChI=1S/C20H29N5O2/c1-24-12-14-9-15(13-24)18(25-17(14)3-2-4-20(25)27)11-23-19(26)6-5-16-10-21-7-8-22-16/h7-8,10,14-15,17-18H,2-6,9,11-13H2,1H3,(H,23,26)/t14-,15+,17+,18+/m1/s1. The number of likely N-dealkylation sites (tertiary alicyclic amines) is 1. The second kappa shape index (κ2) is 7.92. The van der Waals surface area contributed by atoms with Crippen LogP contribution >= 0.6 is 0 Å². The number of carbonyl (C=O) groups excluding carboxylic acids is 2. The summed E-state index contributed by atoms with van der Waals surface area (Å²) in [5, 5.41) is 3.09. The largest absolute Gasteiger partial charge is 0.354 e. The summed E-state index contributed by atoms with van der Waals surface area (Å²) in [4.78, 5) is 37.9. The molecule has 0 spiro atoms. The van der Waals surface area contributed by atoms with E-state index in [4.69, 9.17) is 0 Å². The van der Waals surface area contributed by atoms with Crippen molar-refractivity contribution in [2.24, 2.45) is 11.8 Å². The van der Waals surface area contributed by atoms with E-state index in [9.17, 15) is 9.59 Å². The van der Waals surface area contributed by atoms with Crippen molar-refractivity contribution in [1.82, 2.24) is 25.1 Å². The number of aromatic nitrogens is 2. The molecule has 27 heavy (non-hydrogen) atoms. The number of fused-ring (bicyclic) bond motifs is 4. The lowest BCUT2D eigenvalue weighted by Crippen LogP contribution is -2.66. The van der Waals surface area contributed by atoms with Crippen LogP contribution in [0.5, 0.6) is 0 Å². The summed E-state index contributed by atoms with van der Waals surface area (Å²) in [5.41, 5.74) is 0.827. The fourth-order valence-corrected chi connectivity index (χ4v) is 5.28. The molecule has 4 heterocycles. The first-order chi connectivity index (χ1) is 13.1. The van der Waals surface area contributed by atoms with Crippen molar-refractivity contribution in [3.63, 3.8) is 0 Å². The molecule has 7 heteroatoms. The van der Waals surface area contributed by atoms with Gasteiger partial charge in [-0.3, -0.25) is 19.6 Å². The van der Waals surface area contributed by atoms with Crippen molar-refractivity contribution in [3.8, 4) is 0 Å². The highest BCUT2D eigenvalue weighted by atomic mass is 16.2. The molecular weight excluding hydrogens is 342 g/mol. The minimum atomic E-state index is 0.0212. The van der Waals surface area contributed by atoms with E-state index >= 15 is 0 Å². The predicted molar refractivity (Wildman–Crippen MR) is 101 cm³/mol. The van der Waals surface area contributed by atoms with Crippen LogP contribution in [-0.4, -0.2) is 70.3 Å². The van der Waals surface area contributed by atoms with Gasteiger partial charge in [-0.2, -0.15) is 0 Å². The molecule has 4 atom stereocenters. The Bertz CT molecular complexity index is 682. The molecule has 7 nitrogen and oxygen atoms in total. The summed E-state index contributed by atoms with van der Waals surface area (Å²) in [7, 11) is 2.18. The highest BCUT2D eigenvalue weighted by Crippen LogP contribution is 2.41. The smallest absolute Gasteiger partial charge is 0.223 e. The molecule has 0 radical (unpaired) electrons. The maximum atomic E-state index is 12.7. The fraction of sp³-hybridized carbons (Fsp3) is 0.700. The highest BCUT2D eigenvalue weighted by molar-refractivity contribution is 5.78. The van der Waals surface area contributed by atoms with Gasteiger partial charge >= 0.3 is 0 Å². The minimum Gasteiger partial charge on any atom is -0.354 e. The van der Waals surface area contributed by atoms with Crippen molar-refractivity contribution >= 4 is 11.8 Å². The van der Waals surface area contributed by atoms with Crippen molar-refractivity contribution in [3.05, 3.63) is 24.3 Å². The lowest BCUT2D eigenvalue weighted by Gasteiger charge is -2.56. The molecule has 0 aromatic carbocycles. The molecule has 1 N–H and O–H groups in total. The molecule has 1 aromatic heterocycles. The molecule has 0 saturated carbocycles. The first kappa shape index (κ1) is 18.3. The van der Waals surface area contributed by atoms with Gasteiger partial charge in [-0.1, -0.05) is 0 Å². The second-order valence-corrected chi connectivity index (χ2v) is 8.31. The lowest BCUT2D eigenvalue weighted by atomic mass is 9.72. The number of nitrogens with zero attached hydrogens (tertiary/aromatic N) is 4. The maximum Gasteiger partial charge on any atom is 0.223 e. The zero-order valence-electron chi connectivity index (χ0n) is 16.0. The van der Waals surface area contributed by atoms with E-state index in [2.05, 4.69) is 32.1 Å². The molecule has 3 aliphatic heterocycles. The molecule has 3 saturated heterocycles. The van der Waals surface area contributed by atoms with Crippen LogP contribution < -0.4 is 5.32 Å².